The molecule has 0 aliphatic rings. The first-order valence-corrected chi connectivity index (χ1v) is 3.89. The largest absolute Gasteiger partial charge is 0.268 e. The van der Waals surface area contributed by atoms with E-state index in [0.717, 1.165) is 18.7 Å². The van der Waals surface area contributed by atoms with Gasteiger partial charge in [0.1, 0.15) is 0 Å². The molecule has 1 aromatic heterocycles. The highest BCUT2D eigenvalue weighted by Crippen LogP contribution is 2.01. The standard InChI is InChI=1S/C9H14N2/c1-4-8(2)7-11-6-5-9(3)10-11/h5-6H,2,4,7H2,1,3H3. The van der Waals surface area contributed by atoms with Crippen molar-refractivity contribution in [2.24, 2.45) is 0 Å². The Morgan fingerprint density at radius 3 is 2.91 bits per heavy atom. The van der Waals surface area contributed by atoms with Crippen LogP contribution >= 0.6 is 0 Å². The number of aryl methyl sites for hydroxylation is 1. The van der Waals surface area contributed by atoms with Crippen LogP contribution in [0.3, 0.4) is 0 Å². The van der Waals surface area contributed by atoms with Crippen molar-refractivity contribution in [2.45, 2.75) is 26.8 Å². The minimum absolute atomic E-state index is 0.852. The van der Waals surface area contributed by atoms with Crippen molar-refractivity contribution >= 4 is 0 Å². The Morgan fingerprint density at radius 2 is 2.45 bits per heavy atom. The number of rotatable bonds is 3. The van der Waals surface area contributed by atoms with Crippen molar-refractivity contribution in [3.8, 4) is 0 Å². The molecule has 1 aromatic rings. The van der Waals surface area contributed by atoms with E-state index in [1.165, 1.54) is 5.57 Å². The van der Waals surface area contributed by atoms with Crippen molar-refractivity contribution in [3.05, 3.63) is 30.1 Å². The summed E-state index contributed by atoms with van der Waals surface area (Å²) in [7, 11) is 0. The van der Waals surface area contributed by atoms with Crippen LogP contribution in [-0.4, -0.2) is 9.78 Å². The van der Waals surface area contributed by atoms with Crippen LogP contribution in [0.1, 0.15) is 19.0 Å². The van der Waals surface area contributed by atoms with E-state index in [2.05, 4.69) is 18.6 Å². The molecule has 0 N–H and O–H groups in total. The monoisotopic (exact) mass is 150 g/mol. The van der Waals surface area contributed by atoms with Crippen molar-refractivity contribution in [1.29, 1.82) is 0 Å². The molecule has 60 valence electrons. The molecule has 0 atom stereocenters. The Hall–Kier alpha value is -1.05. The normalized spacial score (nSPS) is 10.0. The lowest BCUT2D eigenvalue weighted by atomic mass is 10.2. The molecule has 1 heterocycles. The first-order chi connectivity index (χ1) is 5.22. The Balaban J connectivity index is 2.57. The van der Waals surface area contributed by atoms with Gasteiger partial charge in [-0.3, -0.25) is 4.68 Å². The van der Waals surface area contributed by atoms with Crippen LogP contribution in [0.15, 0.2) is 24.4 Å². The molecule has 0 bridgehead atoms. The van der Waals surface area contributed by atoms with Gasteiger partial charge in [-0.2, -0.15) is 5.10 Å². The number of aromatic nitrogens is 2. The Morgan fingerprint density at radius 1 is 1.73 bits per heavy atom. The molecule has 11 heavy (non-hydrogen) atoms. The van der Waals surface area contributed by atoms with Gasteiger partial charge in [0, 0.05) is 6.20 Å². The smallest absolute Gasteiger partial charge is 0.0616 e. The van der Waals surface area contributed by atoms with E-state index in [0.29, 0.717) is 0 Å². The van der Waals surface area contributed by atoms with Crippen LogP contribution in [0.25, 0.3) is 0 Å². The first kappa shape index (κ1) is 8.05. The zero-order valence-corrected chi connectivity index (χ0v) is 7.17. The van der Waals surface area contributed by atoms with E-state index < -0.39 is 0 Å². The highest BCUT2D eigenvalue weighted by molar-refractivity contribution is 4.99. The van der Waals surface area contributed by atoms with Crippen molar-refractivity contribution in [2.75, 3.05) is 0 Å². The molecule has 0 aliphatic heterocycles. The van der Waals surface area contributed by atoms with Gasteiger partial charge in [-0.25, -0.2) is 0 Å². The molecule has 0 fully saturated rings. The molecule has 0 spiro atoms. The van der Waals surface area contributed by atoms with Crippen LogP contribution in [-0.2, 0) is 6.54 Å². The number of nitrogens with zero attached hydrogens (tertiary/aromatic N) is 2. The summed E-state index contributed by atoms with van der Waals surface area (Å²) in [4.78, 5) is 0. The average molecular weight is 150 g/mol. The summed E-state index contributed by atoms with van der Waals surface area (Å²) in [6.45, 7) is 8.87. The van der Waals surface area contributed by atoms with Gasteiger partial charge >= 0.3 is 0 Å². The van der Waals surface area contributed by atoms with Gasteiger partial charge in [0.15, 0.2) is 0 Å². The second-order valence-electron chi connectivity index (χ2n) is 2.76. The summed E-state index contributed by atoms with van der Waals surface area (Å²) in [5, 5.41) is 4.25. The maximum absolute atomic E-state index is 4.25. The van der Waals surface area contributed by atoms with Crippen LogP contribution in [0.4, 0.5) is 0 Å². The van der Waals surface area contributed by atoms with Crippen LogP contribution in [0.2, 0.25) is 0 Å². The molecule has 1 rings (SSSR count). The summed E-state index contributed by atoms with van der Waals surface area (Å²) in [5.41, 5.74) is 2.28. The maximum Gasteiger partial charge on any atom is 0.0616 e. The third kappa shape index (κ3) is 2.22. The fraction of sp³-hybridized carbons (Fsp3) is 0.444. The summed E-state index contributed by atoms with van der Waals surface area (Å²) in [6, 6.07) is 2.00. The van der Waals surface area contributed by atoms with Crippen molar-refractivity contribution in [1.82, 2.24) is 9.78 Å². The number of hydrogen-bond donors (Lipinski definition) is 0. The molecule has 2 heteroatoms. The second kappa shape index (κ2) is 3.37. The Labute approximate surface area is 67.5 Å². The first-order valence-electron chi connectivity index (χ1n) is 3.89. The predicted octanol–water partition coefficient (Wildman–Crippen LogP) is 2.16. The van der Waals surface area contributed by atoms with E-state index in [-0.39, 0.29) is 0 Å². The van der Waals surface area contributed by atoms with Crippen LogP contribution in [0, 0.1) is 6.92 Å². The molecular formula is C9H14N2. The van der Waals surface area contributed by atoms with Crippen LogP contribution < -0.4 is 0 Å². The minimum Gasteiger partial charge on any atom is -0.268 e. The number of allylic oxidation sites excluding steroid dienone is 1. The fourth-order valence-electron chi connectivity index (χ4n) is 0.892. The molecular weight excluding hydrogens is 136 g/mol. The third-order valence-electron chi connectivity index (χ3n) is 1.66. The van der Waals surface area contributed by atoms with Crippen LogP contribution in [0.5, 0.6) is 0 Å². The van der Waals surface area contributed by atoms with Gasteiger partial charge in [-0.15, -0.1) is 0 Å². The molecule has 0 saturated heterocycles. The van der Waals surface area contributed by atoms with E-state index in [1.807, 2.05) is 23.9 Å². The summed E-state index contributed by atoms with van der Waals surface area (Å²) in [5.74, 6) is 0. The summed E-state index contributed by atoms with van der Waals surface area (Å²) >= 11 is 0. The molecule has 0 unspecified atom stereocenters. The van der Waals surface area contributed by atoms with Gasteiger partial charge in [0.2, 0.25) is 0 Å². The molecule has 0 aromatic carbocycles. The predicted molar refractivity (Wildman–Crippen MR) is 46.4 cm³/mol. The lowest BCUT2D eigenvalue weighted by Gasteiger charge is -2.01. The molecule has 0 radical (unpaired) electrons. The maximum atomic E-state index is 4.25. The Kier molecular flexibility index (Phi) is 2.47. The zero-order valence-electron chi connectivity index (χ0n) is 7.17. The second-order valence-corrected chi connectivity index (χ2v) is 2.76. The number of hydrogen-bond acceptors (Lipinski definition) is 1. The minimum atomic E-state index is 0.852. The summed E-state index contributed by atoms with van der Waals surface area (Å²) < 4.78 is 1.92. The topological polar surface area (TPSA) is 17.8 Å². The highest BCUT2D eigenvalue weighted by atomic mass is 15.3. The lowest BCUT2D eigenvalue weighted by Crippen LogP contribution is -2.00. The van der Waals surface area contributed by atoms with Gasteiger partial charge < -0.3 is 0 Å². The van der Waals surface area contributed by atoms with Gasteiger partial charge in [-0.1, -0.05) is 19.1 Å². The molecule has 2 nitrogen and oxygen atoms in total. The van der Waals surface area contributed by atoms with Crippen molar-refractivity contribution < 1.29 is 0 Å². The quantitative estimate of drug-likeness (QED) is 0.604. The van der Waals surface area contributed by atoms with Crippen molar-refractivity contribution in [3.63, 3.8) is 0 Å². The van der Waals surface area contributed by atoms with E-state index in [4.69, 9.17) is 0 Å². The third-order valence-corrected chi connectivity index (χ3v) is 1.66. The molecule has 0 amide bonds. The SMILES string of the molecule is C=C(CC)Cn1ccc(C)n1. The van der Waals surface area contributed by atoms with Gasteiger partial charge in [0.25, 0.3) is 0 Å². The molecule has 0 saturated carbocycles. The van der Waals surface area contributed by atoms with E-state index in [1.54, 1.807) is 0 Å². The molecule has 0 aliphatic carbocycles. The average Bonchev–Trinajstić information content (AvgIpc) is 2.35. The zero-order chi connectivity index (χ0) is 8.27. The lowest BCUT2D eigenvalue weighted by molar-refractivity contribution is 0.658. The fourth-order valence-corrected chi connectivity index (χ4v) is 0.892. The van der Waals surface area contributed by atoms with E-state index >= 15 is 0 Å². The Bertz CT molecular complexity index is 248. The van der Waals surface area contributed by atoms with Gasteiger partial charge in [0.05, 0.1) is 12.2 Å². The summed E-state index contributed by atoms with van der Waals surface area (Å²) in [6.07, 6.45) is 3.01. The highest BCUT2D eigenvalue weighted by Gasteiger charge is 1.94. The van der Waals surface area contributed by atoms with E-state index in [9.17, 15) is 0 Å². The van der Waals surface area contributed by atoms with Gasteiger partial charge in [-0.05, 0) is 19.4 Å².